The number of pyridine rings is 1. The molecule has 0 unspecified atom stereocenters. The molecule has 2 atom stereocenters. The van der Waals surface area contributed by atoms with E-state index in [9.17, 15) is 4.79 Å². The fraction of sp³-hybridized carbons (Fsp3) is 0.448. The van der Waals surface area contributed by atoms with Gasteiger partial charge in [0.05, 0.1) is 18.2 Å². The van der Waals surface area contributed by atoms with Gasteiger partial charge in [0.25, 0.3) is 5.91 Å². The number of aromatic nitrogens is 1. The minimum Gasteiger partial charge on any atom is -0.497 e. The van der Waals surface area contributed by atoms with Gasteiger partial charge in [-0.25, -0.2) is 0 Å². The van der Waals surface area contributed by atoms with Crippen LogP contribution in [-0.2, 0) is 5.54 Å². The van der Waals surface area contributed by atoms with E-state index in [1.807, 2.05) is 43.3 Å². The largest absolute Gasteiger partial charge is 0.497 e. The lowest BCUT2D eigenvalue weighted by Crippen LogP contribution is -2.51. The number of carbonyl (C=O) groups excluding carboxylic acids is 1. The van der Waals surface area contributed by atoms with E-state index in [2.05, 4.69) is 26.6 Å². The summed E-state index contributed by atoms with van der Waals surface area (Å²) in [4.78, 5) is 20.7. The molecular formula is C29H34N4O3. The number of nitrogens with zero attached hydrogens (tertiary/aromatic N) is 2. The highest BCUT2D eigenvalue weighted by atomic mass is 16.5. The summed E-state index contributed by atoms with van der Waals surface area (Å²) in [6.07, 6.45) is 5.94. The monoisotopic (exact) mass is 486 g/mol. The molecule has 6 rings (SSSR count). The van der Waals surface area contributed by atoms with Gasteiger partial charge in [-0.05, 0) is 68.0 Å². The Bertz CT molecular complexity index is 1290. The fourth-order valence-corrected chi connectivity index (χ4v) is 5.92. The molecule has 7 heteroatoms. The first kappa shape index (κ1) is 23.3. The SMILES string of the molecule is COc1cc(C2(NC(=O)c3cc(OC[C@@H]4CC[C@@H]5CNCCN54)ccc3C)CC2)c2cccnc2c1. The number of carbonyl (C=O) groups is 1. The maximum atomic E-state index is 13.6. The van der Waals surface area contributed by atoms with Crippen LogP contribution in [0, 0.1) is 6.92 Å². The predicted octanol–water partition coefficient (Wildman–Crippen LogP) is 3.79. The molecule has 7 nitrogen and oxygen atoms in total. The zero-order valence-corrected chi connectivity index (χ0v) is 21.0. The first-order valence-electron chi connectivity index (χ1n) is 13.0. The van der Waals surface area contributed by atoms with Gasteiger partial charge in [-0.3, -0.25) is 14.7 Å². The maximum absolute atomic E-state index is 13.6. The van der Waals surface area contributed by atoms with Gasteiger partial charge >= 0.3 is 0 Å². The van der Waals surface area contributed by atoms with Crippen LogP contribution in [0.25, 0.3) is 10.9 Å². The third-order valence-electron chi connectivity index (χ3n) is 8.14. The average molecular weight is 487 g/mol. The van der Waals surface area contributed by atoms with Gasteiger partial charge < -0.3 is 20.1 Å². The Labute approximate surface area is 212 Å². The van der Waals surface area contributed by atoms with E-state index < -0.39 is 5.54 Å². The second kappa shape index (κ2) is 9.37. The van der Waals surface area contributed by atoms with Crippen molar-refractivity contribution in [2.24, 2.45) is 0 Å². The van der Waals surface area contributed by atoms with Gasteiger partial charge in [0.1, 0.15) is 18.1 Å². The van der Waals surface area contributed by atoms with Crippen molar-refractivity contribution in [3.8, 4) is 11.5 Å². The average Bonchev–Trinajstić information content (AvgIpc) is 3.57. The number of methoxy groups -OCH3 is 1. The third-order valence-corrected chi connectivity index (χ3v) is 8.14. The molecule has 3 aromatic rings. The number of hydrogen-bond donors (Lipinski definition) is 2. The lowest BCUT2D eigenvalue weighted by Gasteiger charge is -2.34. The van der Waals surface area contributed by atoms with E-state index >= 15 is 0 Å². The molecule has 3 heterocycles. The van der Waals surface area contributed by atoms with Gasteiger partial charge in [-0.2, -0.15) is 0 Å². The summed E-state index contributed by atoms with van der Waals surface area (Å²) in [7, 11) is 1.66. The molecule has 0 radical (unpaired) electrons. The van der Waals surface area contributed by atoms with Crippen molar-refractivity contribution < 1.29 is 14.3 Å². The Kier molecular flexibility index (Phi) is 6.05. The van der Waals surface area contributed by atoms with Crippen LogP contribution >= 0.6 is 0 Å². The van der Waals surface area contributed by atoms with Gasteiger partial charge in [0.15, 0.2) is 0 Å². The molecule has 2 aromatic carbocycles. The molecule has 0 bridgehead atoms. The highest BCUT2D eigenvalue weighted by Gasteiger charge is 2.47. The van der Waals surface area contributed by atoms with E-state index in [4.69, 9.17) is 9.47 Å². The van der Waals surface area contributed by atoms with Crippen molar-refractivity contribution in [3.63, 3.8) is 0 Å². The lowest BCUT2D eigenvalue weighted by molar-refractivity contribution is 0.0929. The third kappa shape index (κ3) is 4.31. The summed E-state index contributed by atoms with van der Waals surface area (Å²) >= 11 is 0. The number of piperazine rings is 1. The van der Waals surface area contributed by atoms with Crippen LogP contribution in [0.3, 0.4) is 0 Å². The van der Waals surface area contributed by atoms with Gasteiger partial charge in [-0.15, -0.1) is 0 Å². The van der Waals surface area contributed by atoms with Crippen LogP contribution in [0.4, 0.5) is 0 Å². The molecule has 36 heavy (non-hydrogen) atoms. The molecular weight excluding hydrogens is 452 g/mol. The van der Waals surface area contributed by atoms with Crippen LogP contribution in [0.2, 0.25) is 0 Å². The summed E-state index contributed by atoms with van der Waals surface area (Å²) < 4.78 is 11.8. The van der Waals surface area contributed by atoms with Gasteiger partial charge in [0.2, 0.25) is 0 Å². The van der Waals surface area contributed by atoms with E-state index in [1.165, 1.54) is 6.42 Å². The number of benzene rings is 2. The molecule has 2 N–H and O–H groups in total. The Morgan fingerprint density at radius 1 is 1.19 bits per heavy atom. The number of rotatable bonds is 7. The molecule has 2 saturated heterocycles. The highest BCUT2D eigenvalue weighted by molar-refractivity contribution is 5.97. The normalized spacial score (nSPS) is 22.7. The van der Waals surface area contributed by atoms with Crippen molar-refractivity contribution in [3.05, 3.63) is 65.4 Å². The van der Waals surface area contributed by atoms with Crippen molar-refractivity contribution >= 4 is 16.8 Å². The van der Waals surface area contributed by atoms with Crippen LogP contribution < -0.4 is 20.1 Å². The Hall–Kier alpha value is -3.16. The minimum atomic E-state index is -0.405. The summed E-state index contributed by atoms with van der Waals surface area (Å²) in [5.41, 5.74) is 3.14. The predicted molar refractivity (Wildman–Crippen MR) is 140 cm³/mol. The zero-order valence-electron chi connectivity index (χ0n) is 21.0. The number of hydrogen-bond acceptors (Lipinski definition) is 6. The molecule has 0 spiro atoms. The molecule has 3 aliphatic rings. The minimum absolute atomic E-state index is 0.0710. The quantitative estimate of drug-likeness (QED) is 0.529. The topological polar surface area (TPSA) is 75.7 Å². The van der Waals surface area contributed by atoms with E-state index in [0.29, 0.717) is 24.3 Å². The number of amides is 1. The molecule has 1 saturated carbocycles. The standard InChI is InChI=1S/C29H34N4O3/c1-19-5-8-22(36-18-21-7-6-20-17-30-12-13-33(20)21)14-25(19)28(34)32-29(9-10-29)26-15-23(35-2)16-27-24(26)4-3-11-31-27/h3-5,8,11,14-16,20-21,30H,6-7,9-10,12-13,17-18H2,1-2H3,(H,32,34)/t20-,21+/m1/s1. The van der Waals surface area contributed by atoms with E-state index in [-0.39, 0.29) is 5.91 Å². The Morgan fingerprint density at radius 2 is 2.08 bits per heavy atom. The second-order valence-corrected chi connectivity index (χ2v) is 10.4. The smallest absolute Gasteiger partial charge is 0.252 e. The van der Waals surface area contributed by atoms with E-state index in [0.717, 1.165) is 72.4 Å². The number of aryl methyl sites for hydroxylation is 1. The van der Waals surface area contributed by atoms with Crippen LogP contribution in [0.1, 0.15) is 47.2 Å². The summed E-state index contributed by atoms with van der Waals surface area (Å²) in [5.74, 6) is 1.44. The Balaban J connectivity index is 1.20. The number of nitrogens with one attached hydrogen (secondary N) is 2. The van der Waals surface area contributed by atoms with Crippen LogP contribution in [-0.4, -0.2) is 61.2 Å². The molecule has 1 amide bonds. The number of ether oxygens (including phenoxy) is 2. The van der Waals surface area contributed by atoms with Gasteiger partial charge in [-0.1, -0.05) is 12.1 Å². The summed E-state index contributed by atoms with van der Waals surface area (Å²) in [6.45, 7) is 5.84. The summed E-state index contributed by atoms with van der Waals surface area (Å²) in [6, 6.07) is 14.9. The van der Waals surface area contributed by atoms with Crippen molar-refractivity contribution in [2.75, 3.05) is 33.4 Å². The zero-order chi connectivity index (χ0) is 24.7. The second-order valence-electron chi connectivity index (χ2n) is 10.4. The molecule has 2 aliphatic heterocycles. The van der Waals surface area contributed by atoms with Crippen LogP contribution in [0.5, 0.6) is 11.5 Å². The Morgan fingerprint density at radius 3 is 2.92 bits per heavy atom. The van der Waals surface area contributed by atoms with Gasteiger partial charge in [0, 0.05) is 54.9 Å². The maximum Gasteiger partial charge on any atom is 0.252 e. The van der Waals surface area contributed by atoms with Crippen LogP contribution in [0.15, 0.2) is 48.7 Å². The highest BCUT2D eigenvalue weighted by Crippen LogP contribution is 2.49. The van der Waals surface area contributed by atoms with Crippen molar-refractivity contribution in [2.45, 2.75) is 50.2 Å². The first-order chi connectivity index (χ1) is 17.6. The van der Waals surface area contributed by atoms with E-state index in [1.54, 1.807) is 13.3 Å². The fourth-order valence-electron chi connectivity index (χ4n) is 5.92. The number of fused-ring (bicyclic) bond motifs is 2. The lowest BCUT2D eigenvalue weighted by atomic mass is 9.97. The molecule has 3 fully saturated rings. The molecule has 188 valence electrons. The molecule has 1 aromatic heterocycles. The van der Waals surface area contributed by atoms with Crippen molar-refractivity contribution in [1.29, 1.82) is 0 Å². The first-order valence-corrected chi connectivity index (χ1v) is 13.0. The van der Waals surface area contributed by atoms with Crippen molar-refractivity contribution in [1.82, 2.24) is 20.5 Å². The molecule has 1 aliphatic carbocycles. The summed E-state index contributed by atoms with van der Waals surface area (Å²) in [5, 5.41) is 7.89.